The van der Waals surface area contributed by atoms with E-state index in [9.17, 15) is 19.2 Å². The quantitative estimate of drug-likeness (QED) is 0.352. The Hall–Kier alpha value is -4.26. The molecule has 0 radical (unpaired) electrons. The van der Waals surface area contributed by atoms with Gasteiger partial charge in [-0.2, -0.15) is 0 Å². The highest BCUT2D eigenvalue weighted by atomic mass is 16.5. The summed E-state index contributed by atoms with van der Waals surface area (Å²) in [5, 5.41) is 2.77. The van der Waals surface area contributed by atoms with Crippen molar-refractivity contribution in [2.45, 2.75) is 38.5 Å². The first kappa shape index (κ1) is 25.4. The number of esters is 1. The van der Waals surface area contributed by atoms with Gasteiger partial charge in [-0.3, -0.25) is 19.3 Å². The van der Waals surface area contributed by atoms with E-state index in [1.54, 1.807) is 24.3 Å². The molecule has 194 valence electrons. The molecule has 0 aromatic heterocycles. The number of nitrogens with one attached hydrogen (secondary N) is 1. The summed E-state index contributed by atoms with van der Waals surface area (Å²) in [6.07, 6.45) is 2.90. The van der Waals surface area contributed by atoms with E-state index in [1.165, 1.54) is 16.5 Å². The van der Waals surface area contributed by atoms with Gasteiger partial charge in [-0.05, 0) is 67.0 Å². The van der Waals surface area contributed by atoms with Gasteiger partial charge in [0, 0.05) is 5.69 Å². The third kappa shape index (κ3) is 5.09. The van der Waals surface area contributed by atoms with E-state index in [2.05, 4.69) is 17.4 Å². The maximum absolute atomic E-state index is 13.4. The topological polar surface area (TPSA) is 92.8 Å². The van der Waals surface area contributed by atoms with Gasteiger partial charge in [0.15, 0.2) is 6.61 Å². The molecule has 3 unspecified atom stereocenters. The highest BCUT2D eigenvalue weighted by molar-refractivity contribution is 6.22. The highest BCUT2D eigenvalue weighted by Gasteiger charge is 2.50. The first-order valence-electron chi connectivity index (χ1n) is 13.0. The maximum atomic E-state index is 13.4. The lowest BCUT2D eigenvalue weighted by Crippen LogP contribution is -2.31. The van der Waals surface area contributed by atoms with E-state index in [4.69, 9.17) is 4.74 Å². The number of ether oxygens (including phenoxy) is 1. The standard InChI is InChI=1S/C31H30N2O5/c1-2-20-9-6-7-14-27(20)32-28(34)19-38-31(37)23-12-8-13-24(17-23)33-29(35)25-16-15-22(18-26(25)30(33)36)21-10-4-3-5-11-21/h3-14,17,22,25-26H,2,15-16,18-19H2,1H3,(H,32,34). The molecule has 2 aliphatic rings. The van der Waals surface area contributed by atoms with Crippen molar-refractivity contribution in [1.82, 2.24) is 0 Å². The van der Waals surface area contributed by atoms with E-state index in [0.717, 1.165) is 18.4 Å². The molecule has 7 heteroatoms. The first-order valence-corrected chi connectivity index (χ1v) is 13.0. The lowest BCUT2D eigenvalue weighted by Gasteiger charge is -2.28. The predicted molar refractivity (Wildman–Crippen MR) is 144 cm³/mol. The Balaban J connectivity index is 1.24. The van der Waals surface area contributed by atoms with Crippen LogP contribution in [-0.4, -0.2) is 30.3 Å². The van der Waals surface area contributed by atoms with Crippen molar-refractivity contribution in [2.24, 2.45) is 11.8 Å². The second-order valence-electron chi connectivity index (χ2n) is 9.83. The zero-order chi connectivity index (χ0) is 26.6. The number of nitrogens with zero attached hydrogens (tertiary/aromatic N) is 1. The van der Waals surface area contributed by atoms with Crippen molar-refractivity contribution in [3.05, 3.63) is 95.6 Å². The van der Waals surface area contributed by atoms with E-state index in [1.807, 2.05) is 43.3 Å². The molecule has 3 amide bonds. The monoisotopic (exact) mass is 510 g/mol. The summed E-state index contributed by atoms with van der Waals surface area (Å²) in [4.78, 5) is 52.9. The molecule has 3 aromatic carbocycles. The van der Waals surface area contributed by atoms with Gasteiger partial charge in [0.05, 0.1) is 23.1 Å². The van der Waals surface area contributed by atoms with E-state index in [-0.39, 0.29) is 35.1 Å². The molecular weight excluding hydrogens is 480 g/mol. The average molecular weight is 511 g/mol. The second-order valence-corrected chi connectivity index (χ2v) is 9.83. The number of hydrogen-bond acceptors (Lipinski definition) is 5. The van der Waals surface area contributed by atoms with Crippen LogP contribution < -0.4 is 10.2 Å². The van der Waals surface area contributed by atoms with E-state index in [0.29, 0.717) is 24.2 Å². The van der Waals surface area contributed by atoms with Crippen molar-refractivity contribution < 1.29 is 23.9 Å². The maximum Gasteiger partial charge on any atom is 0.338 e. The molecule has 1 saturated heterocycles. The van der Waals surface area contributed by atoms with Gasteiger partial charge in [0.2, 0.25) is 11.8 Å². The van der Waals surface area contributed by atoms with Crippen LogP contribution in [0.4, 0.5) is 11.4 Å². The number of carbonyl (C=O) groups excluding carboxylic acids is 4. The van der Waals surface area contributed by atoms with Gasteiger partial charge in [-0.25, -0.2) is 4.79 Å². The van der Waals surface area contributed by atoms with Crippen molar-refractivity contribution >= 4 is 35.1 Å². The smallest absolute Gasteiger partial charge is 0.338 e. The third-order valence-electron chi connectivity index (χ3n) is 7.54. The zero-order valence-corrected chi connectivity index (χ0v) is 21.3. The minimum absolute atomic E-state index is 0.168. The minimum Gasteiger partial charge on any atom is -0.452 e. The van der Waals surface area contributed by atoms with Crippen molar-refractivity contribution in [2.75, 3.05) is 16.8 Å². The predicted octanol–water partition coefficient (Wildman–Crippen LogP) is 5.12. The Morgan fingerprint density at radius 1 is 0.895 bits per heavy atom. The number of rotatable bonds is 7. The number of amides is 3. The van der Waals surface area contributed by atoms with Gasteiger partial charge in [0.25, 0.3) is 5.91 Å². The van der Waals surface area contributed by atoms with Crippen LogP contribution in [0.2, 0.25) is 0 Å². The summed E-state index contributed by atoms with van der Waals surface area (Å²) in [5.41, 5.74) is 3.37. The van der Waals surface area contributed by atoms with Crippen LogP contribution in [0.5, 0.6) is 0 Å². The molecule has 1 saturated carbocycles. The molecule has 7 nitrogen and oxygen atoms in total. The normalized spacial score (nSPS) is 20.7. The van der Waals surface area contributed by atoms with Crippen LogP contribution >= 0.6 is 0 Å². The van der Waals surface area contributed by atoms with Gasteiger partial charge < -0.3 is 10.1 Å². The summed E-state index contributed by atoms with van der Waals surface area (Å²) >= 11 is 0. The Labute approximate surface area is 221 Å². The van der Waals surface area contributed by atoms with E-state index >= 15 is 0 Å². The second kappa shape index (κ2) is 11.0. The van der Waals surface area contributed by atoms with Crippen molar-refractivity contribution in [3.63, 3.8) is 0 Å². The summed E-state index contributed by atoms with van der Waals surface area (Å²) in [5.74, 6) is -2.06. The average Bonchev–Trinajstić information content (AvgIpc) is 3.21. The minimum atomic E-state index is -0.702. The molecule has 3 aromatic rings. The Kier molecular flexibility index (Phi) is 7.36. The fourth-order valence-corrected chi connectivity index (χ4v) is 5.58. The highest BCUT2D eigenvalue weighted by Crippen LogP contribution is 2.45. The molecule has 2 fully saturated rings. The molecule has 5 rings (SSSR count). The Morgan fingerprint density at radius 2 is 1.63 bits per heavy atom. The van der Waals surface area contributed by atoms with Gasteiger partial charge >= 0.3 is 5.97 Å². The molecule has 3 atom stereocenters. The lowest BCUT2D eigenvalue weighted by atomic mass is 9.73. The lowest BCUT2D eigenvalue weighted by molar-refractivity contribution is -0.122. The fraction of sp³-hybridized carbons (Fsp3) is 0.290. The van der Waals surface area contributed by atoms with Crippen LogP contribution in [0.25, 0.3) is 0 Å². The van der Waals surface area contributed by atoms with Gasteiger partial charge in [-0.15, -0.1) is 0 Å². The van der Waals surface area contributed by atoms with Crippen LogP contribution in [0.1, 0.15) is 53.6 Å². The van der Waals surface area contributed by atoms with Crippen LogP contribution in [-0.2, 0) is 25.5 Å². The van der Waals surface area contributed by atoms with Crippen LogP contribution in [0.15, 0.2) is 78.9 Å². The van der Waals surface area contributed by atoms with Gasteiger partial charge in [0.1, 0.15) is 0 Å². The molecule has 38 heavy (non-hydrogen) atoms. The number of para-hydroxylation sites is 1. The van der Waals surface area contributed by atoms with Crippen LogP contribution in [0.3, 0.4) is 0 Å². The number of aryl methyl sites for hydroxylation is 1. The van der Waals surface area contributed by atoms with Crippen molar-refractivity contribution in [1.29, 1.82) is 0 Å². The first-order chi connectivity index (χ1) is 18.5. The fourth-order valence-electron chi connectivity index (χ4n) is 5.58. The number of anilines is 2. The van der Waals surface area contributed by atoms with Crippen molar-refractivity contribution in [3.8, 4) is 0 Å². The van der Waals surface area contributed by atoms with Crippen LogP contribution in [0, 0.1) is 11.8 Å². The van der Waals surface area contributed by atoms with Gasteiger partial charge in [-0.1, -0.05) is 61.5 Å². The Bertz CT molecular complexity index is 1370. The summed E-state index contributed by atoms with van der Waals surface area (Å²) < 4.78 is 5.23. The number of imide groups is 1. The zero-order valence-electron chi connectivity index (χ0n) is 21.3. The number of hydrogen-bond donors (Lipinski definition) is 1. The Morgan fingerprint density at radius 3 is 2.42 bits per heavy atom. The summed E-state index contributed by atoms with van der Waals surface area (Å²) in [6.45, 7) is 1.54. The molecule has 1 heterocycles. The number of benzene rings is 3. The number of fused-ring (bicyclic) bond motifs is 1. The SMILES string of the molecule is CCc1ccccc1NC(=O)COC(=O)c1cccc(N2C(=O)C3CCC(c4ccccc4)CC3C2=O)c1. The molecular formula is C31H30N2O5. The largest absolute Gasteiger partial charge is 0.452 e. The third-order valence-corrected chi connectivity index (χ3v) is 7.54. The molecule has 0 spiro atoms. The molecule has 1 N–H and O–H groups in total. The molecule has 1 aliphatic heterocycles. The molecule has 0 bridgehead atoms. The summed E-state index contributed by atoms with van der Waals surface area (Å²) in [7, 11) is 0. The van der Waals surface area contributed by atoms with E-state index < -0.39 is 18.5 Å². The summed E-state index contributed by atoms with van der Waals surface area (Å²) in [6, 6.07) is 23.8. The number of carbonyl (C=O) groups is 4. The molecule has 1 aliphatic carbocycles.